The summed E-state index contributed by atoms with van der Waals surface area (Å²) in [5.41, 5.74) is 1.36. The van der Waals surface area contributed by atoms with Gasteiger partial charge < -0.3 is 9.64 Å². The van der Waals surface area contributed by atoms with Gasteiger partial charge in [0, 0.05) is 23.5 Å². The molecule has 0 aromatic heterocycles. The summed E-state index contributed by atoms with van der Waals surface area (Å²) in [6, 6.07) is 4.24. The second-order valence-corrected chi connectivity index (χ2v) is 7.77. The minimum Gasteiger partial charge on any atom is -0.496 e. The van der Waals surface area contributed by atoms with Crippen molar-refractivity contribution in [3.05, 3.63) is 16.6 Å². The van der Waals surface area contributed by atoms with Crippen molar-refractivity contribution < 1.29 is 4.74 Å². The standard InChI is InChI=1S/C13H19BrN2OS.C3H8/c1-13(2,3)16-6-5-15-18-12-8-11(17-4)9(14)7-10(12)16;1-3-2/h7-8,15H,5-6H2,1-4H3;3H2,1-2H3. The number of halogens is 1. The quantitative estimate of drug-likeness (QED) is 0.691. The fourth-order valence-electron chi connectivity index (χ4n) is 2.08. The first kappa shape index (κ1) is 18.7. The number of nitrogens with one attached hydrogen (secondary N) is 1. The van der Waals surface area contributed by atoms with Crippen molar-refractivity contribution in [1.82, 2.24) is 4.72 Å². The molecule has 0 atom stereocenters. The molecule has 2 rings (SSSR count). The Hall–Kier alpha value is -0.390. The van der Waals surface area contributed by atoms with Crippen LogP contribution in [0.25, 0.3) is 0 Å². The third kappa shape index (κ3) is 5.08. The van der Waals surface area contributed by atoms with Crippen molar-refractivity contribution >= 4 is 33.6 Å². The summed E-state index contributed by atoms with van der Waals surface area (Å²) in [7, 11) is 1.70. The van der Waals surface area contributed by atoms with Gasteiger partial charge in [0.1, 0.15) is 5.75 Å². The maximum absolute atomic E-state index is 5.37. The van der Waals surface area contributed by atoms with Crippen molar-refractivity contribution in [2.24, 2.45) is 0 Å². The molecule has 0 saturated carbocycles. The average Bonchev–Trinajstić information content (AvgIpc) is 2.60. The number of ether oxygens (including phenoxy) is 1. The molecule has 1 aliphatic heterocycles. The molecule has 1 aromatic rings. The highest BCUT2D eigenvalue weighted by Gasteiger charge is 2.26. The van der Waals surface area contributed by atoms with Crippen LogP contribution in [-0.4, -0.2) is 25.7 Å². The second kappa shape index (κ2) is 8.30. The molecule has 0 amide bonds. The fraction of sp³-hybridized carbons (Fsp3) is 0.625. The van der Waals surface area contributed by atoms with Gasteiger partial charge in [0.15, 0.2) is 0 Å². The zero-order chi connectivity index (χ0) is 16.0. The predicted molar refractivity (Wildman–Crippen MR) is 97.6 cm³/mol. The summed E-state index contributed by atoms with van der Waals surface area (Å²) in [4.78, 5) is 3.64. The van der Waals surface area contributed by atoms with Crippen LogP contribution in [0.2, 0.25) is 0 Å². The molecule has 1 heterocycles. The first-order valence-electron chi connectivity index (χ1n) is 7.40. The number of benzene rings is 1. The van der Waals surface area contributed by atoms with Crippen LogP contribution in [0.4, 0.5) is 5.69 Å². The normalized spacial score (nSPS) is 14.7. The van der Waals surface area contributed by atoms with E-state index in [-0.39, 0.29) is 5.54 Å². The smallest absolute Gasteiger partial charge is 0.134 e. The maximum atomic E-state index is 5.37. The van der Waals surface area contributed by atoms with E-state index in [4.69, 9.17) is 4.74 Å². The molecule has 0 spiro atoms. The van der Waals surface area contributed by atoms with Crippen molar-refractivity contribution in [1.29, 1.82) is 0 Å². The van der Waals surface area contributed by atoms with E-state index in [1.165, 1.54) is 17.0 Å². The molecule has 1 aromatic carbocycles. The summed E-state index contributed by atoms with van der Waals surface area (Å²) in [6.07, 6.45) is 1.25. The Morgan fingerprint density at radius 2 is 1.95 bits per heavy atom. The average molecular weight is 375 g/mol. The molecular formula is C16H27BrN2OS. The zero-order valence-corrected chi connectivity index (χ0v) is 16.3. The SMILES string of the molecule is CCC.COc1cc2c(cc1Br)N(C(C)(C)C)CCNS2. The summed E-state index contributed by atoms with van der Waals surface area (Å²) >= 11 is 5.25. The van der Waals surface area contributed by atoms with E-state index in [9.17, 15) is 0 Å². The number of hydrogen-bond donors (Lipinski definition) is 1. The Kier molecular flexibility index (Phi) is 7.37. The van der Waals surface area contributed by atoms with Gasteiger partial charge in [-0.2, -0.15) is 0 Å². The lowest BCUT2D eigenvalue weighted by molar-refractivity contribution is 0.410. The van der Waals surface area contributed by atoms with Gasteiger partial charge in [0.25, 0.3) is 0 Å². The van der Waals surface area contributed by atoms with Gasteiger partial charge >= 0.3 is 0 Å². The minimum absolute atomic E-state index is 0.107. The monoisotopic (exact) mass is 374 g/mol. The van der Waals surface area contributed by atoms with Crippen molar-refractivity contribution in [2.45, 2.75) is 51.5 Å². The summed E-state index contributed by atoms with van der Waals surface area (Å²) in [6.45, 7) is 12.9. The highest BCUT2D eigenvalue weighted by Crippen LogP contribution is 2.40. The van der Waals surface area contributed by atoms with E-state index in [1.54, 1.807) is 19.1 Å². The number of methoxy groups -OCH3 is 1. The lowest BCUT2D eigenvalue weighted by atomic mass is 10.0. The molecule has 5 heteroatoms. The van der Waals surface area contributed by atoms with E-state index >= 15 is 0 Å². The Balaban J connectivity index is 0.000000677. The molecule has 0 unspecified atom stereocenters. The molecule has 21 heavy (non-hydrogen) atoms. The summed E-state index contributed by atoms with van der Waals surface area (Å²) in [5, 5.41) is 0. The van der Waals surface area contributed by atoms with Crippen LogP contribution in [0.3, 0.4) is 0 Å². The van der Waals surface area contributed by atoms with Crippen LogP contribution in [0, 0.1) is 0 Å². The zero-order valence-electron chi connectivity index (χ0n) is 13.9. The van der Waals surface area contributed by atoms with Gasteiger partial charge in [-0.1, -0.05) is 20.3 Å². The first-order valence-corrected chi connectivity index (χ1v) is 9.01. The molecule has 0 saturated heterocycles. The Morgan fingerprint density at radius 1 is 1.33 bits per heavy atom. The number of rotatable bonds is 1. The Bertz CT molecular complexity index is 460. The minimum atomic E-state index is 0.107. The van der Waals surface area contributed by atoms with Crippen molar-refractivity contribution in [3.8, 4) is 5.75 Å². The van der Waals surface area contributed by atoms with Gasteiger partial charge in [0.05, 0.1) is 17.3 Å². The van der Waals surface area contributed by atoms with Gasteiger partial charge in [-0.15, -0.1) is 0 Å². The molecule has 3 nitrogen and oxygen atoms in total. The van der Waals surface area contributed by atoms with Crippen LogP contribution in [0.5, 0.6) is 5.75 Å². The van der Waals surface area contributed by atoms with E-state index in [1.807, 2.05) is 0 Å². The van der Waals surface area contributed by atoms with Crippen LogP contribution < -0.4 is 14.4 Å². The summed E-state index contributed by atoms with van der Waals surface area (Å²) < 4.78 is 9.75. The van der Waals surface area contributed by atoms with Gasteiger partial charge in [-0.3, -0.25) is 4.72 Å². The van der Waals surface area contributed by atoms with E-state index in [0.717, 1.165) is 23.3 Å². The van der Waals surface area contributed by atoms with E-state index in [0.29, 0.717) is 0 Å². The number of fused-ring (bicyclic) bond motifs is 1. The third-order valence-corrected chi connectivity index (χ3v) is 4.47. The van der Waals surface area contributed by atoms with Gasteiger partial charge in [-0.05, 0) is 60.8 Å². The number of nitrogens with zero attached hydrogens (tertiary/aromatic N) is 1. The lowest BCUT2D eigenvalue weighted by Gasteiger charge is -2.37. The van der Waals surface area contributed by atoms with Gasteiger partial charge in [0.2, 0.25) is 0 Å². The molecule has 0 aliphatic carbocycles. The van der Waals surface area contributed by atoms with Crippen LogP contribution in [-0.2, 0) is 0 Å². The van der Waals surface area contributed by atoms with E-state index in [2.05, 4.69) is 72.3 Å². The van der Waals surface area contributed by atoms with Gasteiger partial charge in [-0.25, -0.2) is 0 Å². The predicted octanol–water partition coefficient (Wildman–Crippen LogP) is 5.09. The Labute approximate surface area is 142 Å². The highest BCUT2D eigenvalue weighted by molar-refractivity contribution is 9.10. The largest absolute Gasteiger partial charge is 0.496 e. The molecule has 0 radical (unpaired) electrons. The summed E-state index contributed by atoms with van der Waals surface area (Å²) in [5.74, 6) is 0.874. The molecule has 1 aliphatic rings. The van der Waals surface area contributed by atoms with Crippen LogP contribution in [0.1, 0.15) is 41.0 Å². The molecular weight excluding hydrogens is 348 g/mol. The number of anilines is 1. The van der Waals surface area contributed by atoms with Crippen LogP contribution >= 0.6 is 27.9 Å². The van der Waals surface area contributed by atoms with E-state index < -0.39 is 0 Å². The van der Waals surface area contributed by atoms with Crippen molar-refractivity contribution in [2.75, 3.05) is 25.1 Å². The third-order valence-electron chi connectivity index (χ3n) is 2.95. The number of hydrogen-bond acceptors (Lipinski definition) is 4. The molecule has 1 N–H and O–H groups in total. The lowest BCUT2D eigenvalue weighted by Crippen LogP contribution is -2.43. The van der Waals surface area contributed by atoms with Crippen molar-refractivity contribution in [3.63, 3.8) is 0 Å². The van der Waals surface area contributed by atoms with Crippen LogP contribution in [0.15, 0.2) is 21.5 Å². The first-order chi connectivity index (χ1) is 9.85. The fourth-order valence-corrected chi connectivity index (χ4v) is 3.36. The second-order valence-electron chi connectivity index (χ2n) is 5.98. The molecule has 120 valence electrons. The highest BCUT2D eigenvalue weighted by atomic mass is 79.9. The topological polar surface area (TPSA) is 24.5 Å². The maximum Gasteiger partial charge on any atom is 0.134 e. The Morgan fingerprint density at radius 3 is 2.48 bits per heavy atom. The molecule has 0 bridgehead atoms. The molecule has 0 fully saturated rings.